The molecular weight excluding hydrogens is 256 g/mol. The largest absolute Gasteiger partial charge is 0.469 e. The van der Waals surface area contributed by atoms with Gasteiger partial charge in [-0.25, -0.2) is 0 Å². The Labute approximate surface area is 119 Å². The number of nitriles is 1. The highest BCUT2D eigenvalue weighted by atomic mass is 16.5. The van der Waals surface area contributed by atoms with Crippen LogP contribution in [0, 0.1) is 28.6 Å². The van der Waals surface area contributed by atoms with E-state index in [9.17, 15) is 14.9 Å². The number of hydrogen-bond donors (Lipinski definition) is 0. The van der Waals surface area contributed by atoms with E-state index in [0.29, 0.717) is 25.9 Å². The summed E-state index contributed by atoms with van der Waals surface area (Å²) in [7, 11) is 1.37. The molecule has 0 spiro atoms. The molecule has 5 nitrogen and oxygen atoms in total. The molecule has 2 aliphatic rings. The number of hydrogen-bond acceptors (Lipinski definition) is 4. The normalized spacial score (nSPS) is 28.8. The Bertz CT molecular complexity index is 435. The zero-order valence-electron chi connectivity index (χ0n) is 12.2. The van der Waals surface area contributed by atoms with Crippen LogP contribution in [0.25, 0.3) is 0 Å². The molecule has 0 N–H and O–H groups in total. The van der Waals surface area contributed by atoms with Crippen LogP contribution in [0.15, 0.2) is 0 Å². The van der Waals surface area contributed by atoms with Gasteiger partial charge in [-0.1, -0.05) is 26.2 Å². The topological polar surface area (TPSA) is 70.4 Å². The molecule has 1 aliphatic carbocycles. The molecule has 2 rings (SSSR count). The van der Waals surface area contributed by atoms with Crippen LogP contribution in [0.4, 0.5) is 0 Å². The second kappa shape index (κ2) is 5.82. The number of ether oxygens (including phenoxy) is 1. The second-order valence-corrected chi connectivity index (χ2v) is 6.07. The molecule has 2 unspecified atom stereocenters. The van der Waals surface area contributed by atoms with Crippen LogP contribution < -0.4 is 0 Å². The third-order valence-corrected chi connectivity index (χ3v) is 4.73. The van der Waals surface area contributed by atoms with Crippen LogP contribution >= 0.6 is 0 Å². The zero-order chi connectivity index (χ0) is 14.8. The third kappa shape index (κ3) is 2.52. The second-order valence-electron chi connectivity index (χ2n) is 6.07. The quantitative estimate of drug-likeness (QED) is 0.721. The first-order chi connectivity index (χ1) is 9.54. The van der Waals surface area contributed by atoms with E-state index < -0.39 is 5.41 Å². The minimum atomic E-state index is -0.858. The van der Waals surface area contributed by atoms with Gasteiger partial charge in [0, 0.05) is 13.1 Å². The van der Waals surface area contributed by atoms with Gasteiger partial charge < -0.3 is 9.64 Å². The van der Waals surface area contributed by atoms with Gasteiger partial charge in [0.25, 0.3) is 0 Å². The van der Waals surface area contributed by atoms with Gasteiger partial charge in [-0.2, -0.15) is 5.26 Å². The first kappa shape index (κ1) is 14.8. The van der Waals surface area contributed by atoms with Gasteiger partial charge in [0.2, 0.25) is 5.91 Å². The number of rotatable bonds is 2. The standard InChI is InChI=1S/C15H22N2O3/c1-11-8-17(9-12(11)13(18)20-2)14(19)15(10-16)6-4-3-5-7-15/h11-12H,3-9H2,1-2H3. The van der Waals surface area contributed by atoms with Crippen molar-refractivity contribution in [2.45, 2.75) is 39.0 Å². The molecule has 0 aromatic heterocycles. The van der Waals surface area contributed by atoms with Gasteiger partial charge in [-0.15, -0.1) is 0 Å². The van der Waals surface area contributed by atoms with Crippen molar-refractivity contribution in [2.24, 2.45) is 17.3 Å². The molecule has 2 atom stereocenters. The van der Waals surface area contributed by atoms with E-state index >= 15 is 0 Å². The van der Waals surface area contributed by atoms with Crippen molar-refractivity contribution in [1.82, 2.24) is 4.90 Å². The third-order valence-electron chi connectivity index (χ3n) is 4.73. The molecule has 1 amide bonds. The van der Waals surface area contributed by atoms with Gasteiger partial charge in [-0.05, 0) is 18.8 Å². The van der Waals surface area contributed by atoms with Crippen LogP contribution in [-0.2, 0) is 14.3 Å². The van der Waals surface area contributed by atoms with E-state index in [0.717, 1.165) is 19.3 Å². The fraction of sp³-hybridized carbons (Fsp3) is 0.800. The Balaban J connectivity index is 2.10. The van der Waals surface area contributed by atoms with Crippen molar-refractivity contribution in [3.63, 3.8) is 0 Å². The van der Waals surface area contributed by atoms with E-state index in [2.05, 4.69) is 6.07 Å². The summed E-state index contributed by atoms with van der Waals surface area (Å²) >= 11 is 0. The number of methoxy groups -OCH3 is 1. The Morgan fingerprint density at radius 2 is 1.90 bits per heavy atom. The SMILES string of the molecule is COC(=O)C1CN(C(=O)C2(C#N)CCCCC2)CC1C. The molecule has 2 fully saturated rings. The Kier molecular flexibility index (Phi) is 4.32. The molecule has 20 heavy (non-hydrogen) atoms. The van der Waals surface area contributed by atoms with Gasteiger partial charge in [0.05, 0.1) is 19.1 Å². The predicted octanol–water partition coefficient (Wildman–Crippen LogP) is 1.73. The first-order valence-electron chi connectivity index (χ1n) is 7.32. The lowest BCUT2D eigenvalue weighted by molar-refractivity contribution is -0.146. The van der Waals surface area contributed by atoms with Crippen LogP contribution in [-0.4, -0.2) is 37.0 Å². The fourth-order valence-electron chi connectivity index (χ4n) is 3.42. The average molecular weight is 278 g/mol. The van der Waals surface area contributed by atoms with E-state index in [1.54, 1.807) is 4.90 Å². The van der Waals surface area contributed by atoms with Crippen molar-refractivity contribution in [3.8, 4) is 6.07 Å². The van der Waals surface area contributed by atoms with E-state index in [4.69, 9.17) is 4.74 Å². The van der Waals surface area contributed by atoms with Gasteiger partial charge in [0.15, 0.2) is 0 Å². The fourth-order valence-corrected chi connectivity index (χ4v) is 3.42. The van der Waals surface area contributed by atoms with Crippen LogP contribution in [0.3, 0.4) is 0 Å². The summed E-state index contributed by atoms with van der Waals surface area (Å²) in [5, 5.41) is 9.47. The smallest absolute Gasteiger partial charge is 0.310 e. The lowest BCUT2D eigenvalue weighted by atomic mass is 9.74. The molecule has 1 saturated carbocycles. The van der Waals surface area contributed by atoms with Crippen LogP contribution in [0.2, 0.25) is 0 Å². The Morgan fingerprint density at radius 3 is 2.45 bits per heavy atom. The number of carbonyl (C=O) groups excluding carboxylic acids is 2. The van der Waals surface area contributed by atoms with Crippen molar-refractivity contribution in [3.05, 3.63) is 0 Å². The molecule has 0 aromatic rings. The summed E-state index contributed by atoms with van der Waals surface area (Å²) in [5.74, 6) is -0.519. The molecule has 0 radical (unpaired) electrons. The van der Waals surface area contributed by atoms with Crippen LogP contribution in [0.1, 0.15) is 39.0 Å². The number of esters is 1. The van der Waals surface area contributed by atoms with E-state index in [1.807, 2.05) is 6.92 Å². The minimum absolute atomic E-state index is 0.0852. The van der Waals surface area contributed by atoms with Crippen molar-refractivity contribution >= 4 is 11.9 Å². The van der Waals surface area contributed by atoms with E-state index in [1.165, 1.54) is 7.11 Å². The average Bonchev–Trinajstić information content (AvgIpc) is 2.88. The summed E-state index contributed by atoms with van der Waals surface area (Å²) in [6.45, 7) is 2.88. The van der Waals surface area contributed by atoms with Gasteiger partial charge >= 0.3 is 5.97 Å². The maximum atomic E-state index is 12.7. The highest BCUT2D eigenvalue weighted by Crippen LogP contribution is 2.39. The summed E-state index contributed by atoms with van der Waals surface area (Å²) in [5.41, 5.74) is -0.858. The van der Waals surface area contributed by atoms with Gasteiger partial charge in [-0.3, -0.25) is 9.59 Å². The predicted molar refractivity (Wildman–Crippen MR) is 72.4 cm³/mol. The maximum absolute atomic E-state index is 12.7. The van der Waals surface area contributed by atoms with E-state index in [-0.39, 0.29) is 23.7 Å². The van der Waals surface area contributed by atoms with Crippen molar-refractivity contribution < 1.29 is 14.3 Å². The molecule has 1 heterocycles. The first-order valence-corrected chi connectivity index (χ1v) is 7.32. The number of amides is 1. The van der Waals surface area contributed by atoms with Gasteiger partial charge in [0.1, 0.15) is 5.41 Å². The lowest BCUT2D eigenvalue weighted by Gasteiger charge is -2.33. The molecule has 1 aliphatic heterocycles. The zero-order valence-corrected chi connectivity index (χ0v) is 12.2. The molecule has 5 heteroatoms. The molecule has 1 saturated heterocycles. The highest BCUT2D eigenvalue weighted by Gasteiger charge is 2.46. The number of carbonyl (C=O) groups is 2. The molecule has 0 aromatic carbocycles. The monoisotopic (exact) mass is 278 g/mol. The minimum Gasteiger partial charge on any atom is -0.469 e. The van der Waals surface area contributed by atoms with Crippen molar-refractivity contribution in [1.29, 1.82) is 5.26 Å². The Hall–Kier alpha value is -1.57. The molecule has 0 bridgehead atoms. The Morgan fingerprint density at radius 1 is 1.25 bits per heavy atom. The summed E-state index contributed by atoms with van der Waals surface area (Å²) < 4.78 is 4.79. The maximum Gasteiger partial charge on any atom is 0.310 e. The van der Waals surface area contributed by atoms with Crippen LogP contribution in [0.5, 0.6) is 0 Å². The molecule has 110 valence electrons. The number of likely N-dealkylation sites (tertiary alicyclic amines) is 1. The summed E-state index contributed by atoms with van der Waals surface area (Å²) in [6.07, 6.45) is 4.26. The van der Waals surface area contributed by atoms with Crippen molar-refractivity contribution in [2.75, 3.05) is 20.2 Å². The summed E-state index contributed by atoms with van der Waals surface area (Å²) in [6, 6.07) is 2.26. The number of nitrogens with zero attached hydrogens (tertiary/aromatic N) is 2. The lowest BCUT2D eigenvalue weighted by Crippen LogP contribution is -2.43. The summed E-state index contributed by atoms with van der Waals surface area (Å²) in [4.78, 5) is 26.1. The molecular formula is C15H22N2O3. The highest BCUT2D eigenvalue weighted by molar-refractivity contribution is 5.87.